The number of carbonyl (C=O) groups is 3. The number of amides is 1. The van der Waals surface area contributed by atoms with Crippen LogP contribution in [0.4, 0.5) is 0 Å². The van der Waals surface area contributed by atoms with E-state index in [1.165, 1.54) is 26.3 Å². The third-order valence-electron chi connectivity index (χ3n) is 5.42. The number of carbonyl (C=O) groups excluding carboxylic acids is 3. The van der Waals surface area contributed by atoms with Gasteiger partial charge in [-0.1, -0.05) is 26.0 Å². The molecule has 36 heavy (non-hydrogen) atoms. The minimum atomic E-state index is -0.941. The second-order valence-corrected chi connectivity index (χ2v) is 9.38. The minimum Gasteiger partial charge on any atom is -0.493 e. The predicted molar refractivity (Wildman–Crippen MR) is 132 cm³/mol. The first-order valence-corrected chi connectivity index (χ1v) is 12.1. The zero-order valence-corrected chi connectivity index (χ0v) is 22.0. The van der Waals surface area contributed by atoms with Crippen LogP contribution in [0.2, 0.25) is 0 Å². The Bertz CT molecular complexity index is 933. The lowest BCUT2D eigenvalue weighted by molar-refractivity contribution is -0.168. The number of hydrogen-bond acceptors (Lipinski definition) is 9. The Morgan fingerprint density at radius 3 is 2.58 bits per heavy atom. The van der Waals surface area contributed by atoms with Gasteiger partial charge in [0, 0.05) is 25.8 Å². The molecule has 2 heterocycles. The highest BCUT2D eigenvalue weighted by Crippen LogP contribution is 2.30. The first kappa shape index (κ1) is 29.3. The summed E-state index contributed by atoms with van der Waals surface area (Å²) < 4.78 is 28.3. The molecular weight excluding hydrogens is 468 g/mol. The zero-order valence-electron chi connectivity index (χ0n) is 22.0. The summed E-state index contributed by atoms with van der Waals surface area (Å²) >= 11 is 0. The number of ether oxygens (including phenoxy) is 5. The van der Waals surface area contributed by atoms with E-state index in [9.17, 15) is 14.4 Å². The van der Waals surface area contributed by atoms with E-state index < -0.39 is 36.1 Å². The number of nitrogens with zero attached hydrogens (tertiary/aromatic N) is 1. The summed E-state index contributed by atoms with van der Waals surface area (Å²) in [7, 11) is 1.38. The molecule has 1 aromatic heterocycles. The fraction of sp³-hybridized carbons (Fsp3) is 0.615. The molecule has 0 bridgehead atoms. The highest BCUT2D eigenvalue weighted by Gasteiger charge is 2.36. The van der Waals surface area contributed by atoms with Gasteiger partial charge in [0.1, 0.15) is 18.2 Å². The van der Waals surface area contributed by atoms with Gasteiger partial charge in [-0.05, 0) is 39.0 Å². The first-order valence-electron chi connectivity index (χ1n) is 12.1. The lowest BCUT2D eigenvalue weighted by atomic mass is 10.0. The molecule has 0 aromatic carbocycles. The van der Waals surface area contributed by atoms with Crippen LogP contribution in [0.15, 0.2) is 24.4 Å². The van der Waals surface area contributed by atoms with Crippen molar-refractivity contribution in [3.8, 4) is 11.5 Å². The van der Waals surface area contributed by atoms with Crippen LogP contribution in [0.25, 0.3) is 0 Å². The second-order valence-electron chi connectivity index (χ2n) is 9.38. The van der Waals surface area contributed by atoms with Gasteiger partial charge in [-0.3, -0.25) is 9.59 Å². The normalized spacial score (nSPS) is 22.6. The number of esters is 2. The molecule has 0 aliphatic carbocycles. The number of methoxy groups -OCH3 is 1. The number of rotatable bonds is 10. The Morgan fingerprint density at radius 2 is 1.97 bits per heavy atom. The summed E-state index contributed by atoms with van der Waals surface area (Å²) in [6, 6.07) is 0.525. The average Bonchev–Trinajstić information content (AvgIpc) is 2.85. The van der Waals surface area contributed by atoms with E-state index in [2.05, 4.69) is 16.9 Å². The summed E-state index contributed by atoms with van der Waals surface area (Å²) in [5, 5.41) is 2.68. The molecule has 200 valence electrons. The highest BCUT2D eigenvalue weighted by molar-refractivity contribution is 5.98. The molecule has 4 atom stereocenters. The molecule has 1 aliphatic heterocycles. The van der Waals surface area contributed by atoms with Gasteiger partial charge in [0.05, 0.1) is 19.8 Å². The van der Waals surface area contributed by atoms with E-state index in [1.807, 2.05) is 20.8 Å². The van der Waals surface area contributed by atoms with Gasteiger partial charge < -0.3 is 29.0 Å². The maximum Gasteiger partial charge on any atom is 0.329 e. The van der Waals surface area contributed by atoms with E-state index in [-0.39, 0.29) is 29.2 Å². The lowest BCUT2D eigenvalue weighted by Gasteiger charge is -2.31. The van der Waals surface area contributed by atoms with Crippen molar-refractivity contribution in [1.82, 2.24) is 10.3 Å². The molecule has 1 aliphatic rings. The summed E-state index contributed by atoms with van der Waals surface area (Å²) in [5.74, 6) is -1.59. The number of pyridine rings is 1. The number of aromatic nitrogens is 1. The van der Waals surface area contributed by atoms with Gasteiger partial charge in [-0.2, -0.15) is 0 Å². The Labute approximate surface area is 212 Å². The fourth-order valence-corrected chi connectivity index (χ4v) is 3.77. The van der Waals surface area contributed by atoms with Gasteiger partial charge >= 0.3 is 11.9 Å². The van der Waals surface area contributed by atoms with Crippen LogP contribution in [-0.2, 0) is 23.8 Å². The first-order chi connectivity index (χ1) is 17.0. The molecule has 0 spiro atoms. The molecule has 10 nitrogen and oxygen atoms in total. The van der Waals surface area contributed by atoms with E-state index in [0.717, 1.165) is 5.57 Å². The van der Waals surface area contributed by atoms with Crippen molar-refractivity contribution >= 4 is 17.8 Å². The third kappa shape index (κ3) is 8.60. The summed E-state index contributed by atoms with van der Waals surface area (Å²) in [5.41, 5.74) is 0.702. The SMILES string of the molecule is C=C(C)CO[C@H]1CCC[C@H](NC(=O)c2nccc(OC)c2OC(C)=O)C(=O)O[C@@H](C)[C@@H]1OCC(C)C. The maximum absolute atomic E-state index is 13.1. The molecule has 0 saturated carbocycles. The number of hydrogen-bond donors (Lipinski definition) is 1. The van der Waals surface area contributed by atoms with Crippen LogP contribution in [0.3, 0.4) is 0 Å². The zero-order chi connectivity index (χ0) is 26.8. The van der Waals surface area contributed by atoms with Crippen molar-refractivity contribution in [3.63, 3.8) is 0 Å². The fourth-order valence-electron chi connectivity index (χ4n) is 3.77. The predicted octanol–water partition coefficient (Wildman–Crippen LogP) is 3.23. The van der Waals surface area contributed by atoms with Gasteiger partial charge in [0.15, 0.2) is 11.4 Å². The maximum atomic E-state index is 13.1. The molecule has 10 heteroatoms. The van der Waals surface area contributed by atoms with Crippen molar-refractivity contribution < 1.29 is 38.1 Å². The van der Waals surface area contributed by atoms with Crippen LogP contribution in [0.5, 0.6) is 11.5 Å². The molecule has 1 saturated heterocycles. The minimum absolute atomic E-state index is 0.120. The molecule has 0 unspecified atom stereocenters. The van der Waals surface area contributed by atoms with Gasteiger partial charge in [0.25, 0.3) is 5.91 Å². The Kier molecular flexibility index (Phi) is 11.3. The molecule has 1 aromatic rings. The van der Waals surface area contributed by atoms with E-state index in [1.54, 1.807) is 6.92 Å². The summed E-state index contributed by atoms with van der Waals surface area (Å²) in [6.45, 7) is 13.7. The standard InChI is InChI=1S/C26H38N2O8/c1-15(2)13-33-21-10-8-9-19(26(31)35-17(5)23(21)34-14-16(3)4)28-25(30)22-24(36-18(6)29)20(32-7)11-12-27-22/h11-12,16-17,19,21,23H,1,8-10,13-14H2,2-7H3,(H,28,30)/t17-,19-,21-,23-/m0/s1. The van der Waals surface area contributed by atoms with Gasteiger partial charge in [0.2, 0.25) is 5.75 Å². The van der Waals surface area contributed by atoms with Crippen LogP contribution < -0.4 is 14.8 Å². The van der Waals surface area contributed by atoms with Crippen molar-refractivity contribution in [2.45, 2.75) is 78.2 Å². The quantitative estimate of drug-likeness (QED) is 0.376. The summed E-state index contributed by atoms with van der Waals surface area (Å²) in [6.07, 6.45) is 1.43. The van der Waals surface area contributed by atoms with Crippen LogP contribution in [0, 0.1) is 5.92 Å². The van der Waals surface area contributed by atoms with Crippen molar-refractivity contribution in [2.75, 3.05) is 20.3 Å². The lowest BCUT2D eigenvalue weighted by Crippen LogP contribution is -2.46. The van der Waals surface area contributed by atoms with Crippen molar-refractivity contribution in [3.05, 3.63) is 30.1 Å². The van der Waals surface area contributed by atoms with Crippen LogP contribution in [-0.4, -0.2) is 67.5 Å². The largest absolute Gasteiger partial charge is 0.493 e. The average molecular weight is 507 g/mol. The second kappa shape index (κ2) is 13.9. The van der Waals surface area contributed by atoms with Gasteiger partial charge in [-0.15, -0.1) is 0 Å². The molecule has 2 rings (SSSR count). The molecular formula is C26H38N2O8. The van der Waals surface area contributed by atoms with Crippen LogP contribution >= 0.6 is 0 Å². The van der Waals surface area contributed by atoms with E-state index in [0.29, 0.717) is 32.5 Å². The van der Waals surface area contributed by atoms with Crippen LogP contribution in [0.1, 0.15) is 64.4 Å². The van der Waals surface area contributed by atoms with E-state index in [4.69, 9.17) is 23.7 Å². The number of cyclic esters (lactones) is 1. The topological polar surface area (TPSA) is 122 Å². The smallest absolute Gasteiger partial charge is 0.329 e. The Balaban J connectivity index is 2.24. The van der Waals surface area contributed by atoms with Gasteiger partial charge in [-0.25, -0.2) is 9.78 Å². The molecule has 1 amide bonds. The number of nitrogens with one attached hydrogen (secondary N) is 1. The molecule has 1 fully saturated rings. The third-order valence-corrected chi connectivity index (χ3v) is 5.42. The highest BCUT2D eigenvalue weighted by atomic mass is 16.6. The van der Waals surface area contributed by atoms with Crippen molar-refractivity contribution in [2.24, 2.45) is 5.92 Å². The monoisotopic (exact) mass is 506 g/mol. The van der Waals surface area contributed by atoms with E-state index >= 15 is 0 Å². The molecule has 1 N–H and O–H groups in total. The Hall–Kier alpha value is -2.98. The summed E-state index contributed by atoms with van der Waals surface area (Å²) in [4.78, 5) is 41.8. The van der Waals surface area contributed by atoms with Crippen molar-refractivity contribution in [1.29, 1.82) is 0 Å². The Morgan fingerprint density at radius 1 is 1.25 bits per heavy atom. The molecule has 0 radical (unpaired) electrons.